The monoisotopic (exact) mass is 1100 g/mol. The van der Waals surface area contributed by atoms with Gasteiger partial charge in [0.25, 0.3) is 0 Å². The Balaban J connectivity index is 1.32. The summed E-state index contributed by atoms with van der Waals surface area (Å²) in [4.78, 5) is 88.8. The first-order chi connectivity index (χ1) is 35.1. The minimum Gasteiger partial charge on any atom is -0.497 e. The molecule has 4 fully saturated rings. The molecular formula is C54H60Cl3NO17. The average molecular weight is 1100 g/mol. The van der Waals surface area contributed by atoms with Crippen LogP contribution in [0.15, 0.2) is 96.1 Å². The van der Waals surface area contributed by atoms with Gasteiger partial charge in [0.1, 0.15) is 47.9 Å². The summed E-state index contributed by atoms with van der Waals surface area (Å²) in [6, 6.07) is 21.8. The number of benzene rings is 3. The molecule has 3 aromatic rings. The predicted molar refractivity (Wildman–Crippen MR) is 267 cm³/mol. The molecule has 1 amide bonds. The molecule has 404 valence electrons. The van der Waals surface area contributed by atoms with Gasteiger partial charge in [0, 0.05) is 30.7 Å². The number of rotatable bonds is 10. The molecule has 21 heteroatoms. The van der Waals surface area contributed by atoms with E-state index in [4.69, 9.17) is 77.4 Å². The highest BCUT2D eigenvalue weighted by Crippen LogP contribution is 2.64. The van der Waals surface area contributed by atoms with E-state index in [0.717, 1.165) is 6.92 Å². The lowest BCUT2D eigenvalue weighted by atomic mass is 9.44. The normalized spacial score (nSPS) is 32.0. The third kappa shape index (κ3) is 10.2. The van der Waals surface area contributed by atoms with E-state index in [1.165, 1.54) is 51.8 Å². The molecule has 12 atom stereocenters. The molecule has 2 saturated heterocycles. The lowest BCUT2D eigenvalue weighted by Gasteiger charge is -2.67. The fourth-order valence-electron chi connectivity index (χ4n) is 11.6. The van der Waals surface area contributed by atoms with E-state index in [-0.39, 0.29) is 29.7 Å². The topological polar surface area (TPSA) is 229 Å². The molecule has 8 rings (SSSR count). The first kappa shape index (κ1) is 55.8. The Morgan fingerprint density at radius 1 is 0.867 bits per heavy atom. The number of fused-ring (bicyclic) bond motifs is 5. The highest BCUT2D eigenvalue weighted by Gasteiger charge is 2.78. The van der Waals surface area contributed by atoms with Crippen LogP contribution in [0.1, 0.15) is 102 Å². The number of carbonyl (C=O) groups is 6. The van der Waals surface area contributed by atoms with Crippen molar-refractivity contribution in [1.29, 1.82) is 0 Å². The maximum Gasteiger partial charge on any atom is 0.509 e. The highest BCUT2D eigenvalue weighted by atomic mass is 35.6. The molecule has 5 aliphatic rings. The van der Waals surface area contributed by atoms with Crippen molar-refractivity contribution in [2.45, 2.75) is 138 Å². The molecule has 2 saturated carbocycles. The first-order valence-electron chi connectivity index (χ1n) is 24.3. The quantitative estimate of drug-likeness (QED) is 0.0842. The van der Waals surface area contributed by atoms with Crippen molar-refractivity contribution in [3.8, 4) is 5.75 Å². The molecule has 3 aliphatic carbocycles. The maximum atomic E-state index is 16.0. The summed E-state index contributed by atoms with van der Waals surface area (Å²) in [5.41, 5.74) is -8.55. The van der Waals surface area contributed by atoms with Gasteiger partial charge >= 0.3 is 30.2 Å². The summed E-state index contributed by atoms with van der Waals surface area (Å²) in [7, 11) is 1.50. The second-order valence-corrected chi connectivity index (χ2v) is 23.8. The summed E-state index contributed by atoms with van der Waals surface area (Å²) < 4.78 is 52.1. The van der Waals surface area contributed by atoms with E-state index in [2.05, 4.69) is 0 Å². The van der Waals surface area contributed by atoms with Gasteiger partial charge in [-0.2, -0.15) is 0 Å². The van der Waals surface area contributed by atoms with Gasteiger partial charge in [-0.05, 0) is 75.6 Å². The minimum absolute atomic E-state index is 0.0308. The number of esters is 3. The van der Waals surface area contributed by atoms with Crippen LogP contribution in [0.25, 0.3) is 0 Å². The van der Waals surface area contributed by atoms with Gasteiger partial charge in [-0.15, -0.1) is 0 Å². The van der Waals surface area contributed by atoms with Gasteiger partial charge < -0.3 is 52.8 Å². The van der Waals surface area contributed by atoms with Crippen LogP contribution in [0.2, 0.25) is 0 Å². The van der Waals surface area contributed by atoms with Gasteiger partial charge in [0.05, 0.1) is 36.7 Å². The van der Waals surface area contributed by atoms with E-state index >= 15 is 9.59 Å². The molecule has 2 N–H and O–H groups in total. The molecule has 75 heavy (non-hydrogen) atoms. The number of amides is 1. The van der Waals surface area contributed by atoms with Crippen LogP contribution in [0.5, 0.6) is 5.75 Å². The molecule has 2 bridgehead atoms. The van der Waals surface area contributed by atoms with Crippen molar-refractivity contribution in [3.63, 3.8) is 0 Å². The number of aliphatic hydroxyl groups excluding tert-OH is 1. The molecule has 0 aromatic heterocycles. The molecule has 2 aliphatic heterocycles. The third-order valence-electron chi connectivity index (χ3n) is 15.2. The smallest absolute Gasteiger partial charge is 0.497 e. The largest absolute Gasteiger partial charge is 0.509 e. The zero-order chi connectivity index (χ0) is 54.8. The van der Waals surface area contributed by atoms with E-state index in [1.807, 2.05) is 0 Å². The van der Waals surface area contributed by atoms with Crippen molar-refractivity contribution < 1.29 is 81.6 Å². The number of hydrogen-bond acceptors (Lipinski definition) is 17. The fourth-order valence-corrected chi connectivity index (χ4v) is 11.8. The van der Waals surface area contributed by atoms with E-state index in [9.17, 15) is 29.4 Å². The Morgan fingerprint density at radius 2 is 1.49 bits per heavy atom. The molecule has 0 spiro atoms. The number of aliphatic hydroxyl groups is 2. The van der Waals surface area contributed by atoms with Crippen molar-refractivity contribution in [3.05, 3.63) is 113 Å². The number of methoxy groups -OCH3 is 1. The van der Waals surface area contributed by atoms with Crippen LogP contribution >= 0.6 is 34.8 Å². The molecule has 0 radical (unpaired) electrons. The molecule has 1 unspecified atom stereocenters. The Bertz CT molecular complexity index is 2730. The zero-order valence-corrected chi connectivity index (χ0v) is 45.0. The summed E-state index contributed by atoms with van der Waals surface area (Å²) in [5.74, 6) is -5.03. The molecule has 18 nitrogen and oxygen atoms in total. The minimum atomic E-state index is -2.51. The van der Waals surface area contributed by atoms with Gasteiger partial charge in [-0.1, -0.05) is 109 Å². The van der Waals surface area contributed by atoms with Crippen molar-refractivity contribution >= 4 is 70.7 Å². The third-order valence-corrected chi connectivity index (χ3v) is 15.5. The first-order valence-corrected chi connectivity index (χ1v) is 25.4. The van der Waals surface area contributed by atoms with Crippen molar-refractivity contribution in [2.75, 3.05) is 20.3 Å². The number of hydrogen-bond donors (Lipinski definition) is 2. The van der Waals surface area contributed by atoms with E-state index in [1.54, 1.807) is 93.6 Å². The summed E-state index contributed by atoms with van der Waals surface area (Å²) in [6.45, 7) is 10.9. The number of alkyl halides is 3. The second kappa shape index (κ2) is 20.5. The van der Waals surface area contributed by atoms with Crippen LogP contribution in [-0.2, 0) is 52.3 Å². The maximum absolute atomic E-state index is 16.0. The predicted octanol–water partition coefficient (Wildman–Crippen LogP) is 8.25. The van der Waals surface area contributed by atoms with Crippen LogP contribution in [0.4, 0.5) is 9.59 Å². The lowest BCUT2D eigenvalue weighted by molar-refractivity contribution is -0.346. The van der Waals surface area contributed by atoms with Crippen LogP contribution in [-0.4, -0.2) is 129 Å². The number of ketones is 1. The van der Waals surface area contributed by atoms with E-state index < -0.39 is 135 Å². The Morgan fingerprint density at radius 3 is 2.05 bits per heavy atom. The van der Waals surface area contributed by atoms with Crippen molar-refractivity contribution in [1.82, 2.24) is 4.90 Å². The number of halogens is 3. The average Bonchev–Trinajstić information content (AvgIpc) is 3.75. The van der Waals surface area contributed by atoms with Gasteiger partial charge in [0.15, 0.2) is 29.8 Å². The summed E-state index contributed by atoms with van der Waals surface area (Å²) >= 11 is 17.8. The second-order valence-electron chi connectivity index (χ2n) is 21.3. The van der Waals surface area contributed by atoms with Crippen LogP contribution in [0, 0.1) is 16.7 Å². The summed E-state index contributed by atoms with van der Waals surface area (Å²) in [6.07, 6.45) is -14.5. The number of Topliss-reactive ketones (excluding diaryl/α,β-unsaturated/α-hetero) is 1. The Labute approximate surface area is 448 Å². The Hall–Kier alpha value is -5.47. The van der Waals surface area contributed by atoms with Crippen LogP contribution in [0.3, 0.4) is 0 Å². The van der Waals surface area contributed by atoms with Gasteiger partial charge in [-0.3, -0.25) is 14.5 Å². The highest BCUT2D eigenvalue weighted by molar-refractivity contribution is 6.67. The van der Waals surface area contributed by atoms with Crippen LogP contribution < -0.4 is 4.74 Å². The SMILES string of the molecule is COc1ccc(C2O[C@@H](C(=O)O[C@H]3C[C@@]4(O)[C@@H](OC(=O)c5ccccc5)[C@@H]5[C@]6(OC(C)=O)CO[C@@H]6C[C@H](O)[C@@]5(C)C(=O)[C@H](OC(=O)OCC(Cl)(Cl)Cl)C(=C3C)C4(C)C)[C@H](c3ccccc3)N2C(=O)OC(C)(C)C)cc1. The standard InChI is InChI=1S/C54H60Cl3NO17/c1-28-34(70-46(63)40-38(30-16-12-10-13-17-30)58(47(64)75-49(3,4)5)44(71-40)31-20-22-33(67-9)23-21-31)25-53(66)43(73-45(62)32-18-14-11-15-19-32)41-51(8,35(60)24-36-52(41,26-68-36)74-29(2)59)42(61)39(37(28)50(53,6)7)72-48(65)69-27-54(55,56)57/h10-23,34-36,38-41,43-44,60,66H,24-27H2,1-9H3/t34-,35-,36+,38-,39+,40+,41-,43-,44?,51+,52-,53+/m0/s1. The van der Waals surface area contributed by atoms with Gasteiger partial charge in [-0.25, -0.2) is 19.2 Å². The molecule has 3 aromatic carbocycles. The van der Waals surface area contributed by atoms with E-state index in [0.29, 0.717) is 16.9 Å². The van der Waals surface area contributed by atoms with Gasteiger partial charge in [0.2, 0.25) is 3.79 Å². The molecule has 2 heterocycles. The number of carbonyl (C=O) groups excluding carboxylic acids is 6. The Kier molecular flexibility index (Phi) is 15.2. The fraction of sp³-hybridized carbons (Fsp3) is 0.519. The zero-order valence-electron chi connectivity index (χ0n) is 42.7. The van der Waals surface area contributed by atoms with Crippen molar-refractivity contribution in [2.24, 2.45) is 16.7 Å². The summed E-state index contributed by atoms with van der Waals surface area (Å²) in [5, 5.41) is 26.4. The number of nitrogens with zero attached hydrogens (tertiary/aromatic N) is 1. The molecular weight excluding hydrogens is 1040 g/mol. The number of ether oxygens (including phenoxy) is 9. The lowest BCUT2D eigenvalue weighted by Crippen LogP contribution is -2.82.